The van der Waals surface area contributed by atoms with Gasteiger partial charge in [-0.05, 0) is 48.9 Å². The van der Waals surface area contributed by atoms with Crippen molar-refractivity contribution in [2.45, 2.75) is 13.5 Å². The largest absolute Gasteiger partial charge is 0.486 e. The van der Waals surface area contributed by atoms with E-state index in [4.69, 9.17) is 27.9 Å². The van der Waals surface area contributed by atoms with Gasteiger partial charge in [0.25, 0.3) is 5.56 Å². The average Bonchev–Trinajstić information content (AvgIpc) is 2.87. The molecule has 0 amide bonds. The number of pyridine rings is 3. The van der Waals surface area contributed by atoms with Crippen molar-refractivity contribution < 1.29 is 4.74 Å². The van der Waals surface area contributed by atoms with Gasteiger partial charge in [0.05, 0.1) is 27.5 Å². The predicted octanol–water partition coefficient (Wildman–Crippen LogP) is 5.72. The average molecular weight is 519 g/mol. The lowest BCUT2D eigenvalue weighted by molar-refractivity contribution is 0.299. The van der Waals surface area contributed by atoms with Gasteiger partial charge in [0.2, 0.25) is 5.95 Å². The van der Waals surface area contributed by atoms with Crippen molar-refractivity contribution >= 4 is 46.0 Å². The molecule has 0 fully saturated rings. The van der Waals surface area contributed by atoms with Crippen LogP contribution in [0.2, 0.25) is 10.0 Å². The number of fused-ring (bicyclic) bond motifs is 1. The number of benzene rings is 1. The number of ether oxygens (including phenoxy) is 1. The van der Waals surface area contributed by atoms with Crippen LogP contribution in [-0.4, -0.2) is 24.5 Å². The lowest BCUT2D eigenvalue weighted by Crippen LogP contribution is -2.20. The van der Waals surface area contributed by atoms with Crippen LogP contribution in [0.5, 0.6) is 5.75 Å². The Kier molecular flexibility index (Phi) is 6.54. The SMILES string of the molecule is Cc1cccnc1COc1ccc(Nc2ncc3cc(-c4c(Cl)cccc4Cl)c(=O)n(C)c3n2)nc1. The fourth-order valence-corrected chi connectivity index (χ4v) is 4.32. The van der Waals surface area contributed by atoms with Crippen molar-refractivity contribution in [3.63, 3.8) is 0 Å². The summed E-state index contributed by atoms with van der Waals surface area (Å²) < 4.78 is 7.23. The lowest BCUT2D eigenvalue weighted by atomic mass is 10.1. The second kappa shape index (κ2) is 9.93. The summed E-state index contributed by atoms with van der Waals surface area (Å²) in [5.41, 5.74) is 2.97. The molecule has 1 aromatic carbocycles. The molecule has 4 heterocycles. The van der Waals surface area contributed by atoms with Gasteiger partial charge in [-0.2, -0.15) is 4.98 Å². The molecule has 0 radical (unpaired) electrons. The van der Waals surface area contributed by atoms with Gasteiger partial charge in [0.15, 0.2) is 0 Å². The number of anilines is 2. The zero-order chi connectivity index (χ0) is 25.2. The minimum absolute atomic E-state index is 0.273. The van der Waals surface area contributed by atoms with Gasteiger partial charge in [-0.1, -0.05) is 35.3 Å². The molecule has 0 bridgehead atoms. The smallest absolute Gasteiger partial charge is 0.259 e. The normalized spacial score (nSPS) is 11.0. The molecule has 0 saturated heterocycles. The third-order valence-electron chi connectivity index (χ3n) is 5.65. The second-order valence-corrected chi connectivity index (χ2v) is 8.87. The molecule has 0 aliphatic rings. The van der Waals surface area contributed by atoms with Crippen LogP contribution in [0.25, 0.3) is 22.2 Å². The van der Waals surface area contributed by atoms with Crippen LogP contribution in [0.4, 0.5) is 11.8 Å². The zero-order valence-electron chi connectivity index (χ0n) is 19.4. The van der Waals surface area contributed by atoms with Gasteiger partial charge >= 0.3 is 0 Å². The Morgan fingerprint density at radius 3 is 2.53 bits per heavy atom. The summed E-state index contributed by atoms with van der Waals surface area (Å²) in [6.45, 7) is 2.34. The highest BCUT2D eigenvalue weighted by molar-refractivity contribution is 6.39. The Morgan fingerprint density at radius 1 is 1.00 bits per heavy atom. The second-order valence-electron chi connectivity index (χ2n) is 8.05. The molecule has 0 aliphatic carbocycles. The number of hydrogen-bond donors (Lipinski definition) is 1. The predicted molar refractivity (Wildman–Crippen MR) is 141 cm³/mol. The molecule has 0 unspecified atom stereocenters. The van der Waals surface area contributed by atoms with Gasteiger partial charge in [-0.25, -0.2) is 9.97 Å². The third kappa shape index (κ3) is 4.73. The van der Waals surface area contributed by atoms with Crippen LogP contribution in [0.1, 0.15) is 11.3 Å². The summed E-state index contributed by atoms with van der Waals surface area (Å²) in [5.74, 6) is 1.43. The van der Waals surface area contributed by atoms with E-state index >= 15 is 0 Å². The Labute approximate surface area is 216 Å². The molecule has 36 heavy (non-hydrogen) atoms. The van der Waals surface area contributed by atoms with Gasteiger partial charge in [-0.15, -0.1) is 0 Å². The number of rotatable bonds is 6. The molecule has 4 aromatic heterocycles. The maximum absolute atomic E-state index is 13.1. The van der Waals surface area contributed by atoms with Crippen molar-refractivity contribution in [1.82, 2.24) is 24.5 Å². The summed E-state index contributed by atoms with van der Waals surface area (Å²) in [6.07, 6.45) is 4.98. The summed E-state index contributed by atoms with van der Waals surface area (Å²) in [7, 11) is 1.64. The lowest BCUT2D eigenvalue weighted by Gasteiger charge is -2.12. The van der Waals surface area contributed by atoms with Crippen molar-refractivity contribution in [2.24, 2.45) is 7.05 Å². The van der Waals surface area contributed by atoms with E-state index in [0.29, 0.717) is 56.3 Å². The Bertz CT molecular complexity index is 1620. The molecule has 1 N–H and O–H groups in total. The monoisotopic (exact) mass is 518 g/mol. The van der Waals surface area contributed by atoms with Crippen LogP contribution >= 0.6 is 23.2 Å². The fraction of sp³-hybridized carbons (Fsp3) is 0.115. The molecule has 5 aromatic rings. The molecule has 0 atom stereocenters. The van der Waals surface area contributed by atoms with E-state index in [-0.39, 0.29) is 5.56 Å². The maximum Gasteiger partial charge on any atom is 0.259 e. The first-order valence-electron chi connectivity index (χ1n) is 11.0. The quantitative estimate of drug-likeness (QED) is 0.307. The molecule has 10 heteroatoms. The Balaban J connectivity index is 1.37. The first-order chi connectivity index (χ1) is 17.4. The highest BCUT2D eigenvalue weighted by atomic mass is 35.5. The first-order valence-corrected chi connectivity index (χ1v) is 11.7. The van der Waals surface area contributed by atoms with Crippen LogP contribution in [0.15, 0.2) is 71.9 Å². The van der Waals surface area contributed by atoms with E-state index in [2.05, 4.69) is 25.3 Å². The zero-order valence-corrected chi connectivity index (χ0v) is 20.9. The van der Waals surface area contributed by atoms with E-state index < -0.39 is 0 Å². The molecule has 180 valence electrons. The molecule has 5 rings (SSSR count). The summed E-state index contributed by atoms with van der Waals surface area (Å²) >= 11 is 12.7. The maximum atomic E-state index is 13.1. The van der Waals surface area contributed by atoms with Gasteiger partial charge in [0, 0.05) is 30.4 Å². The number of hydrogen-bond acceptors (Lipinski definition) is 7. The summed E-state index contributed by atoms with van der Waals surface area (Å²) in [4.78, 5) is 30.7. The van der Waals surface area contributed by atoms with Crippen LogP contribution in [0.3, 0.4) is 0 Å². The summed E-state index contributed by atoms with van der Waals surface area (Å²) in [5, 5.41) is 4.51. The Hall–Kier alpha value is -4.01. The standard InChI is InChI=1S/C26H20Cl2N6O2/c1-15-5-4-10-29-21(15)14-36-17-8-9-22(30-13-17)32-26-31-12-16-11-18(25(35)34(2)24(16)33-26)23-19(27)6-3-7-20(23)28/h3-13H,14H2,1-2H3,(H,30,31,32,33). The molecular formula is C26H20Cl2N6O2. The minimum Gasteiger partial charge on any atom is -0.486 e. The van der Waals surface area contributed by atoms with Crippen molar-refractivity contribution in [3.05, 3.63) is 98.8 Å². The third-order valence-corrected chi connectivity index (χ3v) is 6.28. The number of halogens is 2. The highest BCUT2D eigenvalue weighted by Crippen LogP contribution is 2.33. The Morgan fingerprint density at radius 2 is 1.81 bits per heavy atom. The number of aromatic nitrogens is 5. The topological polar surface area (TPSA) is 94.8 Å². The molecular weight excluding hydrogens is 499 g/mol. The van der Waals surface area contributed by atoms with E-state index in [1.165, 1.54) is 4.57 Å². The fourth-order valence-electron chi connectivity index (χ4n) is 3.72. The van der Waals surface area contributed by atoms with E-state index in [1.54, 1.807) is 62.0 Å². The number of nitrogens with zero attached hydrogens (tertiary/aromatic N) is 5. The summed E-state index contributed by atoms with van der Waals surface area (Å²) in [6, 6.07) is 14.2. The number of nitrogens with one attached hydrogen (secondary N) is 1. The number of aryl methyl sites for hydroxylation is 2. The van der Waals surface area contributed by atoms with Crippen LogP contribution in [-0.2, 0) is 13.7 Å². The molecule has 0 aliphatic heterocycles. The van der Waals surface area contributed by atoms with Crippen molar-refractivity contribution in [3.8, 4) is 16.9 Å². The minimum atomic E-state index is -0.273. The molecule has 0 spiro atoms. The van der Waals surface area contributed by atoms with Crippen LogP contribution in [0, 0.1) is 6.92 Å². The van der Waals surface area contributed by atoms with E-state index in [9.17, 15) is 4.79 Å². The van der Waals surface area contributed by atoms with Crippen molar-refractivity contribution in [2.75, 3.05) is 5.32 Å². The van der Waals surface area contributed by atoms with Gasteiger partial charge in [0.1, 0.15) is 23.8 Å². The van der Waals surface area contributed by atoms with E-state index in [1.807, 2.05) is 19.1 Å². The van der Waals surface area contributed by atoms with Gasteiger partial charge < -0.3 is 10.1 Å². The highest BCUT2D eigenvalue weighted by Gasteiger charge is 2.16. The van der Waals surface area contributed by atoms with Crippen LogP contribution < -0.4 is 15.6 Å². The molecule has 0 saturated carbocycles. The van der Waals surface area contributed by atoms with Gasteiger partial charge in [-0.3, -0.25) is 14.3 Å². The van der Waals surface area contributed by atoms with Crippen molar-refractivity contribution in [1.29, 1.82) is 0 Å². The first kappa shape index (κ1) is 23.7. The molecule has 8 nitrogen and oxygen atoms in total. The van der Waals surface area contributed by atoms with E-state index in [0.717, 1.165) is 11.3 Å².